The first-order chi connectivity index (χ1) is 17.9. The van der Waals surface area contributed by atoms with Crippen LogP contribution in [-0.4, -0.2) is 47.5 Å². The minimum atomic E-state index is -0.842. The minimum Gasteiger partial charge on any atom is -0.444 e. The summed E-state index contributed by atoms with van der Waals surface area (Å²) < 4.78 is 5.38. The molecular formula is C31H53N3O4. The van der Waals surface area contributed by atoms with Crippen LogP contribution in [0.2, 0.25) is 0 Å². The minimum absolute atomic E-state index is 0.182. The molecule has 2 atom stereocenters. The van der Waals surface area contributed by atoms with Gasteiger partial charge in [-0.3, -0.25) is 9.59 Å². The van der Waals surface area contributed by atoms with Gasteiger partial charge in [-0.1, -0.05) is 82.6 Å². The Kier molecular flexibility index (Phi) is 15.1. The Morgan fingerprint density at radius 1 is 0.921 bits per heavy atom. The number of unbranched alkanes of at least 4 members (excludes halogenated alkanes) is 7. The van der Waals surface area contributed by atoms with E-state index in [1.165, 1.54) is 19.3 Å². The van der Waals surface area contributed by atoms with Crippen molar-refractivity contribution in [2.75, 3.05) is 13.1 Å². The van der Waals surface area contributed by atoms with Crippen molar-refractivity contribution in [3.63, 3.8) is 0 Å². The molecule has 0 fully saturated rings. The van der Waals surface area contributed by atoms with Gasteiger partial charge in [-0.15, -0.1) is 0 Å². The van der Waals surface area contributed by atoms with Crippen LogP contribution in [-0.2, 0) is 14.3 Å². The number of alkyl carbamates (subject to hydrolysis) is 1. The molecule has 0 aliphatic heterocycles. The number of nitrogens with zero attached hydrogens (tertiary/aromatic N) is 1. The van der Waals surface area contributed by atoms with E-state index in [1.54, 1.807) is 32.6 Å². The number of nitrogens with one attached hydrogen (secondary N) is 2. The molecule has 7 nitrogen and oxygen atoms in total. The van der Waals surface area contributed by atoms with Gasteiger partial charge < -0.3 is 20.3 Å². The molecular weight excluding hydrogens is 478 g/mol. The molecule has 0 saturated heterocycles. The van der Waals surface area contributed by atoms with Gasteiger partial charge in [0.2, 0.25) is 11.8 Å². The maximum Gasteiger partial charge on any atom is 0.408 e. The largest absolute Gasteiger partial charge is 0.444 e. The lowest BCUT2D eigenvalue weighted by Gasteiger charge is -2.34. The van der Waals surface area contributed by atoms with Crippen LogP contribution in [0.1, 0.15) is 122 Å². The molecule has 0 bridgehead atoms. The summed E-state index contributed by atoms with van der Waals surface area (Å²) in [6, 6.07) is 4.39. The van der Waals surface area contributed by atoms with Crippen LogP contribution in [0.3, 0.4) is 0 Å². The van der Waals surface area contributed by atoms with Gasteiger partial charge in [0, 0.05) is 13.1 Å². The van der Waals surface area contributed by atoms with E-state index in [1.807, 2.05) is 32.0 Å². The molecule has 2 N–H and O–H groups in total. The zero-order chi connectivity index (χ0) is 28.7. The third-order valence-corrected chi connectivity index (χ3v) is 6.51. The topological polar surface area (TPSA) is 87.7 Å². The molecule has 38 heavy (non-hydrogen) atoms. The zero-order valence-corrected chi connectivity index (χ0v) is 25.2. The summed E-state index contributed by atoms with van der Waals surface area (Å²) in [5.41, 5.74) is 2.13. The molecule has 0 heterocycles. The summed E-state index contributed by atoms with van der Waals surface area (Å²) in [5, 5.41) is 5.76. The van der Waals surface area contributed by atoms with Crippen molar-refractivity contribution >= 4 is 17.9 Å². The zero-order valence-electron chi connectivity index (χ0n) is 25.2. The van der Waals surface area contributed by atoms with Crippen molar-refractivity contribution in [2.24, 2.45) is 0 Å². The number of rotatable bonds is 16. The van der Waals surface area contributed by atoms with Gasteiger partial charge in [0.25, 0.3) is 0 Å². The Bertz CT molecular complexity index is 878. The standard InChI is InChI=1S/C31H53N3O4/c1-9-11-13-14-15-17-21-34(29(36)25(5)33-30(37)38-31(6,7)8)27(28(35)32-20-16-12-10-2)26-22-23(3)18-19-24(26)4/h18-19,22,25,27H,9-17,20-21H2,1-8H3,(H,32,35)(H,33,37). The van der Waals surface area contributed by atoms with Gasteiger partial charge in [0.15, 0.2) is 0 Å². The second-order valence-electron chi connectivity index (χ2n) is 11.4. The summed E-state index contributed by atoms with van der Waals surface area (Å²) in [6.45, 7) is 16.3. The van der Waals surface area contributed by atoms with Crippen LogP contribution in [0.4, 0.5) is 4.79 Å². The highest BCUT2D eigenvalue weighted by Gasteiger charge is 2.35. The van der Waals surface area contributed by atoms with E-state index in [2.05, 4.69) is 24.5 Å². The lowest BCUT2D eigenvalue weighted by Crippen LogP contribution is -2.52. The third kappa shape index (κ3) is 12.3. The summed E-state index contributed by atoms with van der Waals surface area (Å²) in [4.78, 5) is 41.7. The maximum absolute atomic E-state index is 13.9. The van der Waals surface area contributed by atoms with E-state index in [4.69, 9.17) is 4.74 Å². The first-order valence-electron chi connectivity index (χ1n) is 14.6. The second kappa shape index (κ2) is 17.1. The molecule has 1 aromatic rings. The van der Waals surface area contributed by atoms with Crippen molar-refractivity contribution in [1.82, 2.24) is 15.5 Å². The lowest BCUT2D eigenvalue weighted by atomic mass is 9.95. The molecule has 0 aliphatic carbocycles. The highest BCUT2D eigenvalue weighted by atomic mass is 16.6. The van der Waals surface area contributed by atoms with Crippen molar-refractivity contribution < 1.29 is 19.1 Å². The van der Waals surface area contributed by atoms with Gasteiger partial charge in [-0.2, -0.15) is 0 Å². The fourth-order valence-electron chi connectivity index (χ4n) is 4.41. The van der Waals surface area contributed by atoms with Crippen molar-refractivity contribution in [2.45, 2.75) is 131 Å². The number of aryl methyl sites for hydroxylation is 2. The monoisotopic (exact) mass is 531 g/mol. The van der Waals surface area contributed by atoms with Crippen LogP contribution < -0.4 is 10.6 Å². The Morgan fingerprint density at radius 2 is 1.53 bits per heavy atom. The molecule has 0 spiro atoms. The van der Waals surface area contributed by atoms with E-state index in [0.29, 0.717) is 13.1 Å². The van der Waals surface area contributed by atoms with Crippen molar-refractivity contribution in [1.29, 1.82) is 0 Å². The summed E-state index contributed by atoms with van der Waals surface area (Å²) in [5.74, 6) is -0.474. The molecule has 3 amide bonds. The Hall–Kier alpha value is -2.57. The van der Waals surface area contributed by atoms with Crippen molar-refractivity contribution in [3.05, 3.63) is 34.9 Å². The van der Waals surface area contributed by atoms with E-state index < -0.39 is 23.8 Å². The molecule has 7 heteroatoms. The molecule has 0 aromatic heterocycles. The number of carbonyl (C=O) groups excluding carboxylic acids is 3. The molecule has 1 aromatic carbocycles. The van der Waals surface area contributed by atoms with E-state index >= 15 is 0 Å². The van der Waals surface area contributed by atoms with Crippen LogP contribution in [0.15, 0.2) is 18.2 Å². The highest BCUT2D eigenvalue weighted by Crippen LogP contribution is 2.27. The fraction of sp³-hybridized carbons (Fsp3) is 0.710. The number of hydrogen-bond acceptors (Lipinski definition) is 4. The van der Waals surface area contributed by atoms with Gasteiger partial charge in [-0.05, 0) is 65.5 Å². The predicted octanol–water partition coefficient (Wildman–Crippen LogP) is 6.75. The van der Waals surface area contributed by atoms with Gasteiger partial charge >= 0.3 is 6.09 Å². The lowest BCUT2D eigenvalue weighted by molar-refractivity contribution is -0.142. The normalized spacial score (nSPS) is 12.9. The predicted molar refractivity (Wildman–Crippen MR) is 155 cm³/mol. The van der Waals surface area contributed by atoms with E-state index in [9.17, 15) is 14.4 Å². The maximum atomic E-state index is 13.9. The molecule has 2 unspecified atom stereocenters. The quantitative estimate of drug-likeness (QED) is 0.231. The first kappa shape index (κ1) is 33.5. The number of ether oxygens (including phenoxy) is 1. The number of hydrogen-bond donors (Lipinski definition) is 2. The third-order valence-electron chi connectivity index (χ3n) is 6.51. The number of amides is 3. The highest BCUT2D eigenvalue weighted by molar-refractivity contribution is 5.92. The van der Waals surface area contributed by atoms with E-state index in [-0.39, 0.29) is 11.8 Å². The summed E-state index contributed by atoms with van der Waals surface area (Å²) >= 11 is 0. The Balaban J connectivity index is 3.30. The Labute approximate surface area is 231 Å². The van der Waals surface area contributed by atoms with Crippen LogP contribution in [0.25, 0.3) is 0 Å². The Morgan fingerprint density at radius 3 is 2.16 bits per heavy atom. The first-order valence-corrected chi connectivity index (χ1v) is 14.6. The summed E-state index contributed by atoms with van der Waals surface area (Å²) in [7, 11) is 0. The summed E-state index contributed by atoms with van der Waals surface area (Å²) in [6.07, 6.45) is 8.75. The van der Waals surface area contributed by atoms with Gasteiger partial charge in [-0.25, -0.2) is 4.79 Å². The van der Waals surface area contributed by atoms with Crippen LogP contribution in [0, 0.1) is 13.8 Å². The van der Waals surface area contributed by atoms with Gasteiger partial charge in [0.1, 0.15) is 17.7 Å². The van der Waals surface area contributed by atoms with Crippen molar-refractivity contribution in [3.8, 4) is 0 Å². The van der Waals surface area contributed by atoms with Crippen LogP contribution >= 0.6 is 0 Å². The molecule has 1 rings (SSSR count). The average molecular weight is 532 g/mol. The molecule has 0 saturated carbocycles. The van der Waals surface area contributed by atoms with Crippen LogP contribution in [0.5, 0.6) is 0 Å². The molecule has 216 valence electrons. The average Bonchev–Trinajstić information content (AvgIpc) is 2.83. The second-order valence-corrected chi connectivity index (χ2v) is 11.4. The van der Waals surface area contributed by atoms with E-state index in [0.717, 1.165) is 55.2 Å². The molecule has 0 radical (unpaired) electrons. The number of carbonyl (C=O) groups is 3. The molecule has 0 aliphatic rings. The number of benzene rings is 1. The van der Waals surface area contributed by atoms with Gasteiger partial charge in [0.05, 0.1) is 0 Å². The fourth-order valence-corrected chi connectivity index (χ4v) is 4.41. The SMILES string of the molecule is CCCCCCCCN(C(=O)C(C)NC(=O)OC(C)(C)C)C(C(=O)NCCCCC)c1cc(C)ccc1C. The smallest absolute Gasteiger partial charge is 0.408 e.